The molecule has 4 aromatic rings. The number of thioether (sulfide) groups is 1. The second kappa shape index (κ2) is 9.19. The highest BCUT2D eigenvalue weighted by molar-refractivity contribution is 9.10. The first-order chi connectivity index (χ1) is 14.6. The van der Waals surface area contributed by atoms with E-state index in [9.17, 15) is 9.18 Å². The van der Waals surface area contributed by atoms with Gasteiger partial charge in [0.1, 0.15) is 5.82 Å². The van der Waals surface area contributed by atoms with Gasteiger partial charge in [0, 0.05) is 15.8 Å². The Hall–Kier alpha value is -3.04. The SMILES string of the molecule is O=C(Nc1ccc(Br)cc1F)c1ccc(-n2nnnc2SCc2ccccc2)cc1. The Bertz CT molecular complexity index is 1170. The van der Waals surface area contributed by atoms with Crippen molar-refractivity contribution in [2.45, 2.75) is 10.9 Å². The zero-order valence-electron chi connectivity index (χ0n) is 15.5. The molecule has 3 aromatic carbocycles. The Balaban J connectivity index is 1.46. The molecule has 1 aromatic heterocycles. The minimum atomic E-state index is -0.511. The molecular weight excluding hydrogens is 469 g/mol. The number of hydrogen-bond acceptors (Lipinski definition) is 5. The van der Waals surface area contributed by atoms with Crippen molar-refractivity contribution >= 4 is 39.3 Å². The van der Waals surface area contributed by atoms with Gasteiger partial charge in [-0.1, -0.05) is 58.0 Å². The predicted octanol–water partition coefficient (Wildman–Crippen LogP) is 5.11. The number of tetrazole rings is 1. The summed E-state index contributed by atoms with van der Waals surface area (Å²) in [5, 5.41) is 15.1. The third-order valence-electron chi connectivity index (χ3n) is 4.21. The maximum atomic E-state index is 13.9. The van der Waals surface area contributed by atoms with E-state index in [1.807, 2.05) is 30.3 Å². The predicted molar refractivity (Wildman–Crippen MR) is 117 cm³/mol. The van der Waals surface area contributed by atoms with Crippen molar-refractivity contribution < 1.29 is 9.18 Å². The van der Waals surface area contributed by atoms with E-state index < -0.39 is 11.7 Å². The topological polar surface area (TPSA) is 72.7 Å². The van der Waals surface area contributed by atoms with Crippen LogP contribution in [0.3, 0.4) is 0 Å². The monoisotopic (exact) mass is 483 g/mol. The molecule has 0 aliphatic rings. The van der Waals surface area contributed by atoms with Gasteiger partial charge in [0.25, 0.3) is 5.91 Å². The molecule has 0 aliphatic heterocycles. The zero-order chi connectivity index (χ0) is 20.9. The molecule has 0 saturated carbocycles. The molecule has 4 rings (SSSR count). The maximum absolute atomic E-state index is 13.9. The Morgan fingerprint density at radius 1 is 1.07 bits per heavy atom. The lowest BCUT2D eigenvalue weighted by Gasteiger charge is -2.08. The Morgan fingerprint density at radius 2 is 1.83 bits per heavy atom. The number of nitrogens with zero attached hydrogens (tertiary/aromatic N) is 4. The summed E-state index contributed by atoms with van der Waals surface area (Å²) in [6.45, 7) is 0. The number of amides is 1. The van der Waals surface area contributed by atoms with Crippen LogP contribution in [0.1, 0.15) is 15.9 Å². The number of carbonyl (C=O) groups is 1. The van der Waals surface area contributed by atoms with Crippen LogP contribution >= 0.6 is 27.7 Å². The molecule has 1 N–H and O–H groups in total. The van der Waals surface area contributed by atoms with Crippen molar-refractivity contribution in [1.82, 2.24) is 20.2 Å². The van der Waals surface area contributed by atoms with Gasteiger partial charge < -0.3 is 5.32 Å². The number of anilines is 1. The van der Waals surface area contributed by atoms with Gasteiger partial charge in [-0.25, -0.2) is 4.39 Å². The van der Waals surface area contributed by atoms with E-state index in [1.165, 1.54) is 29.5 Å². The summed E-state index contributed by atoms with van der Waals surface area (Å²) in [6.07, 6.45) is 0. The van der Waals surface area contributed by atoms with E-state index in [0.717, 1.165) is 11.4 Å². The minimum absolute atomic E-state index is 0.118. The smallest absolute Gasteiger partial charge is 0.255 e. The minimum Gasteiger partial charge on any atom is -0.319 e. The average molecular weight is 484 g/mol. The molecular formula is C21H15BrFN5OS. The molecule has 1 heterocycles. The summed E-state index contributed by atoms with van der Waals surface area (Å²) >= 11 is 4.71. The van der Waals surface area contributed by atoms with Gasteiger partial charge in [0.2, 0.25) is 5.16 Å². The summed E-state index contributed by atoms with van der Waals surface area (Å²) in [5.41, 5.74) is 2.41. The molecule has 9 heteroatoms. The van der Waals surface area contributed by atoms with Gasteiger partial charge >= 0.3 is 0 Å². The molecule has 0 saturated heterocycles. The van der Waals surface area contributed by atoms with Crippen molar-refractivity contribution in [3.8, 4) is 5.69 Å². The Labute approximate surface area is 184 Å². The fourth-order valence-electron chi connectivity index (χ4n) is 2.69. The molecule has 0 aliphatic carbocycles. The van der Waals surface area contributed by atoms with Crippen molar-refractivity contribution in [2.24, 2.45) is 0 Å². The number of halogens is 2. The van der Waals surface area contributed by atoms with Crippen LogP contribution < -0.4 is 5.32 Å². The normalized spacial score (nSPS) is 10.7. The lowest BCUT2D eigenvalue weighted by atomic mass is 10.2. The first kappa shape index (κ1) is 20.2. The Kier molecular flexibility index (Phi) is 6.20. The van der Waals surface area contributed by atoms with Crippen LogP contribution in [0, 0.1) is 5.82 Å². The maximum Gasteiger partial charge on any atom is 0.255 e. The van der Waals surface area contributed by atoms with Crippen molar-refractivity contribution in [2.75, 3.05) is 5.32 Å². The number of carbonyl (C=O) groups excluding carboxylic acids is 1. The first-order valence-corrected chi connectivity index (χ1v) is 10.7. The molecule has 1 amide bonds. The van der Waals surface area contributed by atoms with E-state index in [2.05, 4.69) is 36.8 Å². The molecule has 30 heavy (non-hydrogen) atoms. The van der Waals surface area contributed by atoms with Crippen molar-refractivity contribution in [3.63, 3.8) is 0 Å². The molecule has 0 atom stereocenters. The highest BCUT2D eigenvalue weighted by Crippen LogP contribution is 2.23. The highest BCUT2D eigenvalue weighted by atomic mass is 79.9. The average Bonchev–Trinajstić information content (AvgIpc) is 3.24. The fraction of sp³-hybridized carbons (Fsp3) is 0.0476. The van der Waals surface area contributed by atoms with Crippen molar-refractivity contribution in [3.05, 3.63) is 94.2 Å². The molecule has 0 spiro atoms. The van der Waals surface area contributed by atoms with Crippen LogP contribution in [-0.4, -0.2) is 26.1 Å². The van der Waals surface area contributed by atoms with Gasteiger partial charge in [0.15, 0.2) is 0 Å². The van der Waals surface area contributed by atoms with Crippen LogP contribution in [0.5, 0.6) is 0 Å². The summed E-state index contributed by atoms with van der Waals surface area (Å²) in [4.78, 5) is 12.4. The van der Waals surface area contributed by atoms with Gasteiger partial charge in [-0.3, -0.25) is 4.79 Å². The van der Waals surface area contributed by atoms with Crippen molar-refractivity contribution in [1.29, 1.82) is 0 Å². The lowest BCUT2D eigenvalue weighted by molar-refractivity contribution is 0.102. The second-order valence-corrected chi connectivity index (χ2v) is 8.13. The molecule has 0 unspecified atom stereocenters. The second-order valence-electron chi connectivity index (χ2n) is 6.27. The van der Waals surface area contributed by atoms with E-state index in [1.54, 1.807) is 35.0 Å². The van der Waals surface area contributed by atoms with Crippen LogP contribution in [0.4, 0.5) is 10.1 Å². The zero-order valence-corrected chi connectivity index (χ0v) is 17.9. The van der Waals surface area contributed by atoms with Crippen LogP contribution in [0.25, 0.3) is 5.69 Å². The van der Waals surface area contributed by atoms with E-state index >= 15 is 0 Å². The number of aromatic nitrogens is 4. The van der Waals surface area contributed by atoms with E-state index in [-0.39, 0.29) is 5.69 Å². The third kappa shape index (κ3) is 4.74. The summed E-state index contributed by atoms with van der Waals surface area (Å²) in [5.74, 6) is -0.179. The fourth-order valence-corrected chi connectivity index (χ4v) is 3.87. The lowest BCUT2D eigenvalue weighted by Crippen LogP contribution is -2.13. The number of benzene rings is 3. The summed E-state index contributed by atoms with van der Waals surface area (Å²) < 4.78 is 16.2. The van der Waals surface area contributed by atoms with Gasteiger partial charge in [-0.15, -0.1) is 5.10 Å². The number of rotatable bonds is 6. The third-order valence-corrected chi connectivity index (χ3v) is 5.69. The molecule has 0 fully saturated rings. The quantitative estimate of drug-likeness (QED) is 0.385. The number of nitrogens with one attached hydrogen (secondary N) is 1. The first-order valence-electron chi connectivity index (χ1n) is 8.92. The van der Waals surface area contributed by atoms with Gasteiger partial charge in [-0.2, -0.15) is 4.68 Å². The molecule has 150 valence electrons. The summed E-state index contributed by atoms with van der Waals surface area (Å²) in [6, 6.07) is 21.3. The standard InChI is InChI=1S/C21H15BrFN5OS/c22-16-8-11-19(18(23)12-16)24-20(29)15-6-9-17(10-7-15)28-21(25-26-27-28)30-13-14-4-2-1-3-5-14/h1-12H,13H2,(H,24,29). The highest BCUT2D eigenvalue weighted by Gasteiger charge is 2.12. The largest absolute Gasteiger partial charge is 0.319 e. The van der Waals surface area contributed by atoms with Gasteiger partial charge in [0.05, 0.1) is 11.4 Å². The van der Waals surface area contributed by atoms with Crippen LogP contribution in [-0.2, 0) is 5.75 Å². The van der Waals surface area contributed by atoms with Crippen LogP contribution in [0.2, 0.25) is 0 Å². The molecule has 0 bridgehead atoms. The van der Waals surface area contributed by atoms with Crippen LogP contribution in [0.15, 0.2) is 82.4 Å². The molecule has 0 radical (unpaired) electrons. The van der Waals surface area contributed by atoms with Gasteiger partial charge in [-0.05, 0) is 58.5 Å². The Morgan fingerprint density at radius 3 is 2.57 bits per heavy atom. The summed E-state index contributed by atoms with van der Waals surface area (Å²) in [7, 11) is 0. The number of hydrogen-bond donors (Lipinski definition) is 1. The molecule has 6 nitrogen and oxygen atoms in total. The van der Waals surface area contributed by atoms with E-state index in [4.69, 9.17) is 0 Å². The van der Waals surface area contributed by atoms with E-state index in [0.29, 0.717) is 15.2 Å².